The fourth-order valence-corrected chi connectivity index (χ4v) is 5.43. The van der Waals surface area contributed by atoms with Gasteiger partial charge in [0.25, 0.3) is 5.88 Å². The molecule has 0 aliphatic carbocycles. The first-order chi connectivity index (χ1) is 19.0. The van der Waals surface area contributed by atoms with Gasteiger partial charge in [-0.3, -0.25) is 10.1 Å². The van der Waals surface area contributed by atoms with Crippen molar-refractivity contribution in [1.29, 1.82) is 0 Å². The van der Waals surface area contributed by atoms with Gasteiger partial charge in [0.05, 0.1) is 17.2 Å². The predicted octanol–water partition coefficient (Wildman–Crippen LogP) is 10.0. The van der Waals surface area contributed by atoms with Crippen molar-refractivity contribution in [3.05, 3.63) is 106 Å². The van der Waals surface area contributed by atoms with Crippen LogP contribution in [0.4, 0.5) is 0 Å². The van der Waals surface area contributed by atoms with E-state index in [4.69, 9.17) is 44.3 Å². The van der Waals surface area contributed by atoms with Crippen molar-refractivity contribution in [3.63, 3.8) is 0 Å². The van der Waals surface area contributed by atoms with E-state index in [0.29, 0.717) is 54.2 Å². The lowest BCUT2D eigenvalue weighted by Gasteiger charge is -2.20. The summed E-state index contributed by atoms with van der Waals surface area (Å²) >= 11 is 20.0. The lowest BCUT2D eigenvalue weighted by atomic mass is 9.98. The van der Waals surface area contributed by atoms with Gasteiger partial charge < -0.3 is 9.47 Å². The van der Waals surface area contributed by atoms with E-state index in [1.165, 1.54) is 7.11 Å². The highest BCUT2D eigenvalue weighted by molar-refractivity contribution is 6.47. The van der Waals surface area contributed by atoms with Crippen LogP contribution in [-0.2, 0) is 5.11 Å². The Kier molecular flexibility index (Phi) is 6.65. The summed E-state index contributed by atoms with van der Waals surface area (Å²) in [5.41, 5.74) is 2.05. The Balaban J connectivity index is 1.67. The minimum atomic E-state index is -0.172. The van der Waals surface area contributed by atoms with Crippen LogP contribution in [0.5, 0.6) is 23.1 Å². The number of aromatic nitrogens is 2. The maximum atomic E-state index is 13.6. The summed E-state index contributed by atoms with van der Waals surface area (Å²) in [6.07, 6.45) is 3.34. The van der Waals surface area contributed by atoms with E-state index in [9.17, 15) is 5.11 Å². The summed E-state index contributed by atoms with van der Waals surface area (Å²) in [6, 6.07) is 23.8. The number of pyridine rings is 2. The highest BCUT2D eigenvalue weighted by Gasteiger charge is 2.26. The number of nitrogens with zero attached hydrogens (tertiary/aromatic N) is 2. The monoisotopic (exact) mass is 571 g/mol. The molecular weight excluding hydrogens is 555 g/mol. The number of fused-ring (bicyclic) bond motifs is 2. The van der Waals surface area contributed by atoms with Gasteiger partial charge in [0.1, 0.15) is 10.9 Å². The molecule has 6 aromatic rings. The maximum absolute atomic E-state index is 13.6. The molecule has 0 unspecified atom stereocenters. The molecule has 1 radical (unpaired) electrons. The first-order valence-corrected chi connectivity index (χ1v) is 13.0. The van der Waals surface area contributed by atoms with E-state index in [-0.39, 0.29) is 22.5 Å². The van der Waals surface area contributed by atoms with Gasteiger partial charge in [-0.2, -0.15) is 4.98 Å². The zero-order valence-corrected chi connectivity index (χ0v) is 22.7. The molecular formula is C31H18Cl3N2O3. The lowest BCUT2D eigenvalue weighted by Crippen LogP contribution is -1.99. The quantitative estimate of drug-likeness (QED) is 0.193. The van der Waals surface area contributed by atoms with Gasteiger partial charge in [-0.15, -0.1) is 0 Å². The molecule has 0 saturated heterocycles. The van der Waals surface area contributed by atoms with Crippen molar-refractivity contribution in [3.8, 4) is 45.4 Å². The van der Waals surface area contributed by atoms with Crippen molar-refractivity contribution in [2.24, 2.45) is 0 Å². The van der Waals surface area contributed by atoms with Crippen LogP contribution in [0.15, 0.2) is 91.3 Å². The topological polar surface area (TPSA) is 64.1 Å². The van der Waals surface area contributed by atoms with Gasteiger partial charge in [-0.1, -0.05) is 95.5 Å². The van der Waals surface area contributed by atoms with Crippen LogP contribution in [0, 0.1) is 0 Å². The van der Waals surface area contributed by atoms with Crippen molar-refractivity contribution in [2.45, 2.75) is 0 Å². The fraction of sp³-hybridized carbons (Fsp3) is 0.0323. The molecule has 2 heterocycles. The number of hydrogen-bond donors (Lipinski definition) is 0. The largest absolute Gasteiger partial charge is 0.478 e. The molecule has 0 N–H and O–H groups in total. The van der Waals surface area contributed by atoms with Crippen LogP contribution < -0.4 is 9.47 Å². The molecule has 0 bridgehead atoms. The normalized spacial score (nSPS) is 11.2. The van der Waals surface area contributed by atoms with Crippen molar-refractivity contribution >= 4 is 56.3 Å². The number of methoxy groups -OCH3 is 1. The zero-order chi connectivity index (χ0) is 27.1. The van der Waals surface area contributed by atoms with Crippen molar-refractivity contribution in [2.75, 3.05) is 7.11 Å². The Hall–Kier alpha value is -4.03. The molecule has 6 rings (SSSR count). The SMILES string of the molecule is COc1nc(Cl)cc(-c2ccc3ccccc3c2[O])c1Oc1c(-c2cccnc2)c(Cl)c(Cl)c2ccccc12. The Bertz CT molecular complexity index is 1880. The highest BCUT2D eigenvalue weighted by atomic mass is 35.5. The average Bonchev–Trinajstić information content (AvgIpc) is 2.97. The van der Waals surface area contributed by atoms with Gasteiger partial charge in [-0.05, 0) is 23.6 Å². The van der Waals surface area contributed by atoms with Gasteiger partial charge in [0.15, 0.2) is 11.5 Å². The fourth-order valence-electron chi connectivity index (χ4n) is 4.68. The summed E-state index contributed by atoms with van der Waals surface area (Å²) < 4.78 is 12.3. The van der Waals surface area contributed by atoms with E-state index < -0.39 is 0 Å². The zero-order valence-electron chi connectivity index (χ0n) is 20.4. The third kappa shape index (κ3) is 4.39. The molecule has 0 spiro atoms. The second-order valence-electron chi connectivity index (χ2n) is 8.72. The van der Waals surface area contributed by atoms with Crippen LogP contribution in [0.2, 0.25) is 15.2 Å². The summed E-state index contributed by atoms with van der Waals surface area (Å²) in [5.74, 6) is 0.555. The Labute approximate surface area is 239 Å². The summed E-state index contributed by atoms with van der Waals surface area (Å²) in [4.78, 5) is 8.59. The Morgan fingerprint density at radius 1 is 0.744 bits per heavy atom. The maximum Gasteiger partial charge on any atom is 0.259 e. The molecule has 0 aliphatic rings. The molecule has 5 nitrogen and oxygen atoms in total. The highest BCUT2D eigenvalue weighted by Crippen LogP contribution is 2.52. The van der Waals surface area contributed by atoms with Crippen LogP contribution in [0.25, 0.3) is 43.8 Å². The standard InChI is InChI=1S/C31H18Cl3N2O3/c1-38-31-30(23(15-24(32)36-31)21-13-12-17-7-2-3-9-19(17)28(21)37)39-29-22-11-5-4-10-20(22)26(33)27(34)25(29)18-8-6-14-35-16-18/h2-16H,1H3. The molecule has 0 amide bonds. The summed E-state index contributed by atoms with van der Waals surface area (Å²) in [5, 5.41) is 17.3. The number of halogens is 3. The third-order valence-electron chi connectivity index (χ3n) is 6.48. The second kappa shape index (κ2) is 10.3. The Morgan fingerprint density at radius 3 is 2.23 bits per heavy atom. The van der Waals surface area contributed by atoms with Crippen LogP contribution >= 0.6 is 34.8 Å². The first kappa shape index (κ1) is 25.3. The van der Waals surface area contributed by atoms with E-state index in [1.54, 1.807) is 36.7 Å². The number of ether oxygens (including phenoxy) is 2. The van der Waals surface area contributed by atoms with E-state index in [0.717, 1.165) is 5.39 Å². The molecule has 2 aromatic heterocycles. The van der Waals surface area contributed by atoms with Gasteiger partial charge >= 0.3 is 0 Å². The van der Waals surface area contributed by atoms with Crippen molar-refractivity contribution in [1.82, 2.24) is 9.97 Å². The second-order valence-corrected chi connectivity index (χ2v) is 9.86. The molecule has 8 heteroatoms. The minimum Gasteiger partial charge on any atom is -0.478 e. The first-order valence-electron chi connectivity index (χ1n) is 11.9. The number of hydrogen-bond acceptors (Lipinski definition) is 4. The molecule has 191 valence electrons. The smallest absolute Gasteiger partial charge is 0.259 e. The summed E-state index contributed by atoms with van der Waals surface area (Å²) in [6.45, 7) is 0. The van der Waals surface area contributed by atoms with E-state index in [1.807, 2.05) is 54.6 Å². The molecule has 39 heavy (non-hydrogen) atoms. The predicted molar refractivity (Wildman–Crippen MR) is 156 cm³/mol. The Morgan fingerprint density at radius 2 is 1.49 bits per heavy atom. The van der Waals surface area contributed by atoms with Crippen molar-refractivity contribution < 1.29 is 14.6 Å². The third-order valence-corrected chi connectivity index (χ3v) is 7.54. The van der Waals surface area contributed by atoms with Gasteiger partial charge in [-0.25, -0.2) is 0 Å². The molecule has 4 aromatic carbocycles. The molecule has 0 fully saturated rings. The number of rotatable bonds is 5. The van der Waals surface area contributed by atoms with E-state index >= 15 is 0 Å². The minimum absolute atomic E-state index is 0.109. The van der Waals surface area contributed by atoms with Gasteiger partial charge in [0.2, 0.25) is 0 Å². The average molecular weight is 573 g/mol. The van der Waals surface area contributed by atoms with Crippen LogP contribution in [-0.4, -0.2) is 17.1 Å². The molecule has 0 aliphatic heterocycles. The number of benzene rings is 4. The molecule has 0 saturated carbocycles. The van der Waals surface area contributed by atoms with E-state index in [2.05, 4.69) is 9.97 Å². The van der Waals surface area contributed by atoms with Gasteiger partial charge in [0, 0.05) is 50.8 Å². The van der Waals surface area contributed by atoms with Crippen LogP contribution in [0.3, 0.4) is 0 Å². The lowest BCUT2D eigenvalue weighted by molar-refractivity contribution is 0.359. The van der Waals surface area contributed by atoms with Crippen LogP contribution in [0.1, 0.15) is 0 Å². The summed E-state index contributed by atoms with van der Waals surface area (Å²) in [7, 11) is 1.46. The molecule has 0 atom stereocenters.